The van der Waals surface area contributed by atoms with Gasteiger partial charge in [0.25, 0.3) is 5.91 Å². The molecule has 0 spiro atoms. The fourth-order valence-corrected chi connectivity index (χ4v) is 2.40. The van der Waals surface area contributed by atoms with Crippen molar-refractivity contribution in [1.29, 1.82) is 0 Å². The lowest BCUT2D eigenvalue weighted by atomic mass is 10.0. The topological polar surface area (TPSA) is 71.2 Å². The summed E-state index contributed by atoms with van der Waals surface area (Å²) in [6.45, 7) is 2.49. The molecule has 0 aliphatic carbocycles. The van der Waals surface area contributed by atoms with Crippen LogP contribution in [0, 0.1) is 0 Å². The van der Waals surface area contributed by atoms with Crippen molar-refractivity contribution in [2.24, 2.45) is 5.73 Å². The van der Waals surface area contributed by atoms with Crippen LogP contribution < -0.4 is 11.1 Å². The lowest BCUT2D eigenvalue weighted by Crippen LogP contribution is -2.46. The zero-order valence-corrected chi connectivity index (χ0v) is 11.5. The summed E-state index contributed by atoms with van der Waals surface area (Å²) >= 11 is 4.90. The van der Waals surface area contributed by atoms with Gasteiger partial charge in [-0.2, -0.15) is 0 Å². The molecule has 2 heterocycles. The molecule has 6 heteroatoms. The number of thiocarbonyl (C=S) groups is 1. The van der Waals surface area contributed by atoms with Gasteiger partial charge in [-0.3, -0.25) is 14.7 Å². The average Bonchev–Trinajstić information content (AvgIpc) is 2.41. The minimum Gasteiger partial charge on any atom is -0.392 e. The van der Waals surface area contributed by atoms with Crippen molar-refractivity contribution in [2.75, 3.05) is 19.6 Å². The zero-order chi connectivity index (χ0) is 13.7. The molecule has 1 aromatic heterocycles. The van der Waals surface area contributed by atoms with Gasteiger partial charge in [0, 0.05) is 38.1 Å². The average molecular weight is 278 g/mol. The highest BCUT2D eigenvalue weighted by Crippen LogP contribution is 2.10. The van der Waals surface area contributed by atoms with E-state index in [1.54, 1.807) is 24.5 Å². The van der Waals surface area contributed by atoms with E-state index in [4.69, 9.17) is 18.0 Å². The summed E-state index contributed by atoms with van der Waals surface area (Å²) in [4.78, 5) is 18.7. The molecule has 0 atom stereocenters. The third-order valence-corrected chi connectivity index (χ3v) is 3.36. The Labute approximate surface area is 118 Å². The van der Waals surface area contributed by atoms with Crippen molar-refractivity contribution < 1.29 is 4.79 Å². The zero-order valence-electron chi connectivity index (χ0n) is 10.7. The standard InChI is InChI=1S/C13H18N4OS/c14-12(19)9-17-6-3-11(4-7-17)16-13(18)10-2-1-5-15-8-10/h1-2,5,8,11H,3-4,6-7,9H2,(H2,14,19)(H,16,18). The van der Waals surface area contributed by atoms with Gasteiger partial charge in [0.05, 0.1) is 10.6 Å². The third-order valence-electron chi connectivity index (χ3n) is 3.23. The van der Waals surface area contributed by atoms with E-state index >= 15 is 0 Å². The molecule has 5 nitrogen and oxygen atoms in total. The summed E-state index contributed by atoms with van der Waals surface area (Å²) in [5.74, 6) is -0.0547. The van der Waals surface area contributed by atoms with Crippen molar-refractivity contribution in [3.63, 3.8) is 0 Å². The van der Waals surface area contributed by atoms with Crippen LogP contribution in [0.5, 0.6) is 0 Å². The molecule has 0 bridgehead atoms. The largest absolute Gasteiger partial charge is 0.392 e. The van der Waals surface area contributed by atoms with Gasteiger partial charge in [-0.05, 0) is 25.0 Å². The maximum Gasteiger partial charge on any atom is 0.253 e. The Hall–Kier alpha value is -1.53. The molecule has 19 heavy (non-hydrogen) atoms. The minimum atomic E-state index is -0.0547. The van der Waals surface area contributed by atoms with Crippen LogP contribution in [0.25, 0.3) is 0 Å². The number of likely N-dealkylation sites (tertiary alicyclic amines) is 1. The summed E-state index contributed by atoms with van der Waals surface area (Å²) in [5, 5.41) is 3.04. The summed E-state index contributed by atoms with van der Waals surface area (Å²) in [7, 11) is 0. The molecule has 1 fully saturated rings. The Morgan fingerprint density at radius 3 is 2.84 bits per heavy atom. The van der Waals surface area contributed by atoms with Crippen LogP contribution in [0.1, 0.15) is 23.2 Å². The predicted molar refractivity (Wildman–Crippen MR) is 78.0 cm³/mol. The maximum atomic E-state index is 12.0. The van der Waals surface area contributed by atoms with Crippen molar-refractivity contribution in [3.05, 3.63) is 30.1 Å². The second-order valence-electron chi connectivity index (χ2n) is 4.73. The molecule has 1 amide bonds. The minimum absolute atomic E-state index is 0.0547. The van der Waals surface area contributed by atoms with Gasteiger partial charge in [-0.25, -0.2) is 0 Å². The number of hydrogen-bond acceptors (Lipinski definition) is 4. The van der Waals surface area contributed by atoms with E-state index in [9.17, 15) is 4.79 Å². The number of hydrogen-bond donors (Lipinski definition) is 2. The van der Waals surface area contributed by atoms with Crippen LogP contribution >= 0.6 is 12.2 Å². The number of carbonyl (C=O) groups is 1. The second kappa shape index (κ2) is 6.58. The first-order chi connectivity index (χ1) is 9.15. The van der Waals surface area contributed by atoms with Crippen LogP contribution in [0.3, 0.4) is 0 Å². The van der Waals surface area contributed by atoms with Gasteiger partial charge in [-0.15, -0.1) is 0 Å². The summed E-state index contributed by atoms with van der Waals surface area (Å²) in [6, 6.07) is 3.75. The van der Waals surface area contributed by atoms with E-state index in [0.717, 1.165) is 25.9 Å². The quantitative estimate of drug-likeness (QED) is 0.788. The van der Waals surface area contributed by atoms with E-state index in [-0.39, 0.29) is 11.9 Å². The molecule has 0 aromatic carbocycles. The highest BCUT2D eigenvalue weighted by Gasteiger charge is 2.21. The summed E-state index contributed by atoms with van der Waals surface area (Å²) < 4.78 is 0. The number of carbonyl (C=O) groups excluding carboxylic acids is 1. The van der Waals surface area contributed by atoms with Crippen LogP contribution in [0.4, 0.5) is 0 Å². The molecule has 0 saturated carbocycles. The number of aromatic nitrogens is 1. The molecule has 3 N–H and O–H groups in total. The number of nitrogens with one attached hydrogen (secondary N) is 1. The second-order valence-corrected chi connectivity index (χ2v) is 5.26. The normalized spacial score (nSPS) is 17.1. The maximum absolute atomic E-state index is 12.0. The van der Waals surface area contributed by atoms with Crippen molar-refractivity contribution in [2.45, 2.75) is 18.9 Å². The van der Waals surface area contributed by atoms with Crippen molar-refractivity contribution in [3.8, 4) is 0 Å². The molecule has 2 rings (SSSR count). The Morgan fingerprint density at radius 1 is 1.53 bits per heavy atom. The van der Waals surface area contributed by atoms with Gasteiger partial charge < -0.3 is 11.1 Å². The van der Waals surface area contributed by atoms with Gasteiger partial charge in [0.2, 0.25) is 0 Å². The highest BCUT2D eigenvalue weighted by molar-refractivity contribution is 7.80. The molecule has 0 unspecified atom stereocenters. The lowest BCUT2D eigenvalue weighted by Gasteiger charge is -2.31. The van der Waals surface area contributed by atoms with E-state index in [0.29, 0.717) is 17.1 Å². The Bertz CT molecular complexity index is 443. The van der Waals surface area contributed by atoms with Crippen LogP contribution in [-0.4, -0.2) is 46.5 Å². The first-order valence-electron chi connectivity index (χ1n) is 6.36. The summed E-state index contributed by atoms with van der Waals surface area (Å²) in [5.41, 5.74) is 6.13. The summed E-state index contributed by atoms with van der Waals surface area (Å²) in [6.07, 6.45) is 5.09. The first-order valence-corrected chi connectivity index (χ1v) is 6.77. The van der Waals surface area contributed by atoms with Crippen molar-refractivity contribution >= 4 is 23.1 Å². The van der Waals surface area contributed by atoms with Gasteiger partial charge in [0.15, 0.2) is 0 Å². The smallest absolute Gasteiger partial charge is 0.253 e. The predicted octanol–water partition coefficient (Wildman–Crippen LogP) is 0.562. The molecular formula is C13H18N4OS. The fourth-order valence-electron chi connectivity index (χ4n) is 2.22. The van der Waals surface area contributed by atoms with E-state index < -0.39 is 0 Å². The number of nitrogens with two attached hydrogens (primary N) is 1. The van der Waals surface area contributed by atoms with E-state index in [2.05, 4.69) is 15.2 Å². The number of piperidine rings is 1. The van der Waals surface area contributed by atoms with Gasteiger partial charge in [0.1, 0.15) is 0 Å². The van der Waals surface area contributed by atoms with Gasteiger partial charge >= 0.3 is 0 Å². The highest BCUT2D eigenvalue weighted by atomic mass is 32.1. The van der Waals surface area contributed by atoms with Gasteiger partial charge in [-0.1, -0.05) is 12.2 Å². The molecule has 102 valence electrons. The molecule has 1 aromatic rings. The molecular weight excluding hydrogens is 260 g/mol. The SMILES string of the molecule is NC(=S)CN1CCC(NC(=O)c2cccnc2)CC1. The third kappa shape index (κ3) is 4.25. The van der Waals surface area contributed by atoms with Crippen LogP contribution in [0.15, 0.2) is 24.5 Å². The first kappa shape index (κ1) is 13.9. The van der Waals surface area contributed by atoms with Crippen molar-refractivity contribution in [1.82, 2.24) is 15.2 Å². The Balaban J connectivity index is 1.80. The number of amides is 1. The fraction of sp³-hybridized carbons (Fsp3) is 0.462. The molecule has 1 aliphatic rings. The monoisotopic (exact) mass is 278 g/mol. The molecule has 1 saturated heterocycles. The number of rotatable bonds is 4. The van der Waals surface area contributed by atoms with E-state index in [1.807, 2.05) is 0 Å². The molecule has 0 radical (unpaired) electrons. The number of nitrogens with zero attached hydrogens (tertiary/aromatic N) is 2. The van der Waals surface area contributed by atoms with Crippen LogP contribution in [0.2, 0.25) is 0 Å². The Kier molecular flexibility index (Phi) is 4.81. The number of pyridine rings is 1. The lowest BCUT2D eigenvalue weighted by molar-refractivity contribution is 0.0914. The van der Waals surface area contributed by atoms with E-state index in [1.165, 1.54) is 0 Å². The Morgan fingerprint density at radius 2 is 2.26 bits per heavy atom. The molecule has 1 aliphatic heterocycles. The van der Waals surface area contributed by atoms with Crippen LogP contribution in [-0.2, 0) is 0 Å².